The Labute approximate surface area is 130 Å². The number of carbonyl (C=O) groups excluding carboxylic acids is 1. The average molecular weight is 311 g/mol. The highest BCUT2D eigenvalue weighted by molar-refractivity contribution is 7.09. The van der Waals surface area contributed by atoms with E-state index in [0.717, 1.165) is 49.8 Å². The van der Waals surface area contributed by atoms with Crippen molar-refractivity contribution in [2.24, 2.45) is 0 Å². The number of amides is 1. The van der Waals surface area contributed by atoms with Crippen molar-refractivity contribution in [3.63, 3.8) is 0 Å². The Balaban J connectivity index is 1.85. The van der Waals surface area contributed by atoms with Gasteiger partial charge in [-0.05, 0) is 34.1 Å². The summed E-state index contributed by atoms with van der Waals surface area (Å²) in [5.74, 6) is 0. The van der Waals surface area contributed by atoms with Crippen LogP contribution in [0.25, 0.3) is 0 Å². The van der Waals surface area contributed by atoms with Crippen molar-refractivity contribution in [1.82, 2.24) is 14.8 Å². The second-order valence-corrected chi connectivity index (χ2v) is 7.52. The van der Waals surface area contributed by atoms with Gasteiger partial charge < -0.3 is 9.64 Å². The topological polar surface area (TPSA) is 45.7 Å². The molecule has 0 radical (unpaired) electrons. The second-order valence-electron chi connectivity index (χ2n) is 6.45. The van der Waals surface area contributed by atoms with Gasteiger partial charge in [-0.2, -0.15) is 0 Å². The lowest BCUT2D eigenvalue weighted by atomic mass is 10.2. The minimum absolute atomic E-state index is 0.200. The summed E-state index contributed by atoms with van der Waals surface area (Å²) in [6, 6.07) is 0. The molecule has 0 N–H and O–H groups in total. The third-order valence-electron chi connectivity index (χ3n) is 3.29. The Kier molecular flexibility index (Phi) is 5.22. The molecular weight excluding hydrogens is 286 g/mol. The van der Waals surface area contributed by atoms with E-state index in [2.05, 4.69) is 15.3 Å². The lowest BCUT2D eigenvalue weighted by molar-refractivity contribution is 0.0257. The first-order valence-corrected chi connectivity index (χ1v) is 8.33. The van der Waals surface area contributed by atoms with E-state index in [1.807, 2.05) is 32.6 Å². The van der Waals surface area contributed by atoms with Crippen LogP contribution in [0.2, 0.25) is 0 Å². The molecule has 118 valence electrons. The maximum Gasteiger partial charge on any atom is 0.410 e. The van der Waals surface area contributed by atoms with E-state index in [9.17, 15) is 4.79 Å². The molecule has 1 aromatic rings. The fraction of sp³-hybridized carbons (Fsp3) is 0.733. The Hall–Kier alpha value is -1.14. The molecule has 1 aliphatic rings. The zero-order valence-electron chi connectivity index (χ0n) is 13.4. The van der Waals surface area contributed by atoms with Crippen LogP contribution in [0.15, 0.2) is 5.38 Å². The van der Waals surface area contributed by atoms with Gasteiger partial charge in [0.25, 0.3) is 0 Å². The normalized spacial score (nSPS) is 17.6. The van der Waals surface area contributed by atoms with Gasteiger partial charge >= 0.3 is 6.09 Å². The molecule has 5 nitrogen and oxygen atoms in total. The van der Waals surface area contributed by atoms with Crippen molar-refractivity contribution in [1.29, 1.82) is 0 Å². The van der Waals surface area contributed by atoms with E-state index < -0.39 is 5.60 Å². The largest absolute Gasteiger partial charge is 0.444 e. The minimum atomic E-state index is -0.429. The summed E-state index contributed by atoms with van der Waals surface area (Å²) in [6.45, 7) is 12.0. The maximum absolute atomic E-state index is 12.1. The third kappa shape index (κ3) is 5.28. The van der Waals surface area contributed by atoms with Crippen LogP contribution in [0.1, 0.15) is 37.9 Å². The molecule has 1 aliphatic heterocycles. The number of hydrogen-bond donors (Lipinski definition) is 0. The number of ether oxygens (including phenoxy) is 1. The van der Waals surface area contributed by atoms with Crippen LogP contribution in [0, 0.1) is 6.92 Å². The first-order valence-electron chi connectivity index (χ1n) is 7.45. The summed E-state index contributed by atoms with van der Waals surface area (Å²) < 4.78 is 5.45. The van der Waals surface area contributed by atoms with Crippen LogP contribution in [0.4, 0.5) is 4.79 Å². The van der Waals surface area contributed by atoms with Crippen LogP contribution >= 0.6 is 11.3 Å². The van der Waals surface area contributed by atoms with Crippen molar-refractivity contribution in [2.75, 3.05) is 26.2 Å². The zero-order valence-corrected chi connectivity index (χ0v) is 14.2. The van der Waals surface area contributed by atoms with Crippen LogP contribution < -0.4 is 0 Å². The molecular formula is C15H25N3O2S. The number of rotatable bonds is 2. The smallest absolute Gasteiger partial charge is 0.410 e. The van der Waals surface area contributed by atoms with Crippen LogP contribution in [0.3, 0.4) is 0 Å². The molecule has 0 saturated carbocycles. The van der Waals surface area contributed by atoms with E-state index in [4.69, 9.17) is 4.74 Å². The van der Waals surface area contributed by atoms with E-state index in [0.29, 0.717) is 0 Å². The van der Waals surface area contributed by atoms with Gasteiger partial charge in [-0.25, -0.2) is 9.78 Å². The second kappa shape index (κ2) is 6.75. The molecule has 6 heteroatoms. The molecule has 0 aromatic carbocycles. The summed E-state index contributed by atoms with van der Waals surface area (Å²) in [7, 11) is 0. The molecule has 0 unspecified atom stereocenters. The highest BCUT2D eigenvalue weighted by Crippen LogP contribution is 2.14. The van der Waals surface area contributed by atoms with Gasteiger partial charge in [-0.3, -0.25) is 4.90 Å². The molecule has 2 rings (SSSR count). The molecule has 0 atom stereocenters. The first-order chi connectivity index (χ1) is 9.83. The molecule has 0 spiro atoms. The first kappa shape index (κ1) is 16.2. The molecule has 1 amide bonds. The predicted molar refractivity (Wildman–Crippen MR) is 84.6 cm³/mol. The van der Waals surface area contributed by atoms with Crippen molar-refractivity contribution in [3.05, 3.63) is 16.1 Å². The van der Waals surface area contributed by atoms with Gasteiger partial charge in [-0.15, -0.1) is 11.3 Å². The van der Waals surface area contributed by atoms with Gasteiger partial charge in [0.15, 0.2) is 0 Å². The zero-order chi connectivity index (χ0) is 15.5. The van der Waals surface area contributed by atoms with Crippen molar-refractivity contribution in [3.8, 4) is 0 Å². The molecule has 2 heterocycles. The van der Waals surface area contributed by atoms with E-state index >= 15 is 0 Å². The third-order valence-corrected chi connectivity index (χ3v) is 4.11. The van der Waals surface area contributed by atoms with Crippen molar-refractivity contribution < 1.29 is 9.53 Å². The summed E-state index contributed by atoms with van der Waals surface area (Å²) in [6.07, 6.45) is 0.774. The van der Waals surface area contributed by atoms with Gasteiger partial charge in [-0.1, -0.05) is 0 Å². The molecule has 0 aliphatic carbocycles. The fourth-order valence-corrected chi connectivity index (χ4v) is 2.95. The van der Waals surface area contributed by atoms with Crippen LogP contribution in [-0.4, -0.2) is 52.7 Å². The number of nitrogens with zero attached hydrogens (tertiary/aromatic N) is 3. The molecule has 1 saturated heterocycles. The minimum Gasteiger partial charge on any atom is -0.444 e. The molecule has 21 heavy (non-hydrogen) atoms. The monoisotopic (exact) mass is 311 g/mol. The van der Waals surface area contributed by atoms with Crippen molar-refractivity contribution in [2.45, 2.75) is 46.3 Å². The fourth-order valence-electron chi connectivity index (χ4n) is 2.35. The standard InChI is InChI=1S/C15H25N3O2S/c1-12-16-13(11-21-12)10-17-6-5-7-18(9-8-17)14(19)20-15(2,3)4/h11H,5-10H2,1-4H3. The van der Waals surface area contributed by atoms with E-state index in [-0.39, 0.29) is 6.09 Å². The lowest BCUT2D eigenvalue weighted by Crippen LogP contribution is -2.39. The Morgan fingerprint density at radius 3 is 2.71 bits per heavy atom. The van der Waals surface area contributed by atoms with Gasteiger partial charge in [0.1, 0.15) is 5.60 Å². The molecule has 1 fully saturated rings. The van der Waals surface area contributed by atoms with Gasteiger partial charge in [0.05, 0.1) is 10.7 Å². The summed E-state index contributed by atoms with van der Waals surface area (Å²) in [4.78, 5) is 20.8. The SMILES string of the molecule is Cc1nc(CN2CCCN(C(=O)OC(C)(C)C)CC2)cs1. The number of aromatic nitrogens is 1. The Morgan fingerprint density at radius 2 is 2.10 bits per heavy atom. The Bertz CT molecular complexity index is 482. The summed E-state index contributed by atoms with van der Waals surface area (Å²) in [5.41, 5.74) is 0.699. The Morgan fingerprint density at radius 1 is 1.33 bits per heavy atom. The molecule has 0 bridgehead atoms. The number of carbonyl (C=O) groups is 1. The van der Waals surface area contributed by atoms with Gasteiger partial charge in [0.2, 0.25) is 0 Å². The number of aryl methyl sites for hydroxylation is 1. The highest BCUT2D eigenvalue weighted by atomic mass is 32.1. The lowest BCUT2D eigenvalue weighted by Gasteiger charge is -2.26. The maximum atomic E-state index is 12.1. The van der Waals surface area contributed by atoms with E-state index in [1.54, 1.807) is 11.3 Å². The summed E-state index contributed by atoms with van der Waals surface area (Å²) in [5, 5.41) is 3.22. The summed E-state index contributed by atoms with van der Waals surface area (Å²) >= 11 is 1.69. The number of hydrogen-bond acceptors (Lipinski definition) is 5. The average Bonchev–Trinajstić information content (AvgIpc) is 2.62. The van der Waals surface area contributed by atoms with E-state index in [1.165, 1.54) is 0 Å². The number of thiazole rings is 1. The predicted octanol–water partition coefficient (Wildman–Crippen LogP) is 2.89. The molecule has 1 aromatic heterocycles. The van der Waals surface area contributed by atoms with Gasteiger partial charge in [0, 0.05) is 38.1 Å². The van der Waals surface area contributed by atoms with Crippen molar-refractivity contribution >= 4 is 17.4 Å². The quantitative estimate of drug-likeness (QED) is 0.842. The van der Waals surface area contributed by atoms with Crippen LogP contribution in [-0.2, 0) is 11.3 Å². The van der Waals surface area contributed by atoms with Crippen LogP contribution in [0.5, 0.6) is 0 Å². The highest BCUT2D eigenvalue weighted by Gasteiger charge is 2.24.